The zero-order valence-corrected chi connectivity index (χ0v) is 20.6. The van der Waals surface area contributed by atoms with Crippen molar-refractivity contribution in [3.05, 3.63) is 96.7 Å². The van der Waals surface area contributed by atoms with Crippen LogP contribution < -0.4 is 19.6 Å². The van der Waals surface area contributed by atoms with Gasteiger partial charge in [0.25, 0.3) is 5.56 Å². The van der Waals surface area contributed by atoms with Crippen LogP contribution in [0.3, 0.4) is 0 Å². The number of benzene rings is 3. The number of halogens is 1. The summed E-state index contributed by atoms with van der Waals surface area (Å²) in [6.07, 6.45) is 1.87. The van der Waals surface area contributed by atoms with Crippen LogP contribution in [0.15, 0.2) is 69.9 Å². The molecule has 33 heavy (non-hydrogen) atoms. The van der Waals surface area contributed by atoms with Crippen molar-refractivity contribution in [2.24, 2.45) is 0 Å². The van der Waals surface area contributed by atoms with Gasteiger partial charge in [-0.25, -0.2) is 9.38 Å². The zero-order valence-electron chi connectivity index (χ0n) is 18.2. The van der Waals surface area contributed by atoms with Crippen LogP contribution in [0.4, 0.5) is 0 Å². The van der Waals surface area contributed by atoms with E-state index in [1.807, 2.05) is 61.5 Å². The van der Waals surface area contributed by atoms with E-state index in [-0.39, 0.29) is 5.56 Å². The number of fused-ring (bicyclic) bond motifs is 3. The molecule has 166 valence electrons. The molecule has 0 amide bonds. The van der Waals surface area contributed by atoms with Gasteiger partial charge < -0.3 is 9.47 Å². The summed E-state index contributed by atoms with van der Waals surface area (Å²) < 4.78 is 15.0. The first-order valence-electron chi connectivity index (χ1n) is 10.6. The van der Waals surface area contributed by atoms with Crippen LogP contribution in [0.25, 0.3) is 22.1 Å². The summed E-state index contributed by atoms with van der Waals surface area (Å²) in [6.45, 7) is 4.95. The van der Waals surface area contributed by atoms with Crippen LogP contribution in [-0.4, -0.2) is 16.0 Å². The molecule has 0 N–H and O–H groups in total. The highest BCUT2D eigenvalue weighted by molar-refractivity contribution is 9.10. The predicted octanol–water partition coefficient (Wildman–Crippen LogP) is 5.51. The normalized spacial score (nSPS) is 12.0. The molecule has 0 fully saturated rings. The monoisotopic (exact) mass is 520 g/mol. The molecule has 0 atom stereocenters. The van der Waals surface area contributed by atoms with Crippen LogP contribution in [0.5, 0.6) is 11.5 Å². The molecule has 3 aromatic carbocycles. The third kappa shape index (κ3) is 4.26. The van der Waals surface area contributed by atoms with Crippen molar-refractivity contribution >= 4 is 49.3 Å². The van der Waals surface area contributed by atoms with Gasteiger partial charge in [0, 0.05) is 4.47 Å². The SMILES string of the molecule is CCOc1cc(/C=c2\sc3nc4ccccc4n3c2=O)c(Br)cc1OCc1cccc(C)c1. The Kier molecular flexibility index (Phi) is 5.91. The van der Waals surface area contributed by atoms with E-state index < -0.39 is 0 Å². The average molecular weight is 521 g/mol. The molecule has 0 aliphatic heterocycles. The number of aryl methyl sites for hydroxylation is 1. The maximum absolute atomic E-state index is 13.1. The predicted molar refractivity (Wildman–Crippen MR) is 136 cm³/mol. The first-order chi connectivity index (χ1) is 16.0. The zero-order chi connectivity index (χ0) is 22.9. The topological polar surface area (TPSA) is 52.8 Å². The maximum Gasteiger partial charge on any atom is 0.274 e. The number of hydrogen-bond donors (Lipinski definition) is 0. The number of thiazole rings is 1. The van der Waals surface area contributed by atoms with E-state index in [4.69, 9.17) is 9.47 Å². The van der Waals surface area contributed by atoms with Crippen molar-refractivity contribution in [3.63, 3.8) is 0 Å². The molecule has 2 aromatic heterocycles. The van der Waals surface area contributed by atoms with Crippen molar-refractivity contribution in [3.8, 4) is 11.5 Å². The molecular formula is C26H21BrN2O3S. The molecule has 0 bridgehead atoms. The van der Waals surface area contributed by atoms with Gasteiger partial charge in [0.15, 0.2) is 16.5 Å². The lowest BCUT2D eigenvalue weighted by molar-refractivity contribution is 0.269. The molecule has 0 saturated carbocycles. The van der Waals surface area contributed by atoms with Gasteiger partial charge in [-0.3, -0.25) is 4.79 Å². The summed E-state index contributed by atoms with van der Waals surface area (Å²) in [4.78, 5) is 18.4. The fourth-order valence-corrected chi connectivity index (χ4v) is 5.17. The summed E-state index contributed by atoms with van der Waals surface area (Å²) in [5.41, 5.74) is 4.69. The Bertz CT molecular complexity index is 1590. The molecular weight excluding hydrogens is 500 g/mol. The minimum Gasteiger partial charge on any atom is -0.490 e. The van der Waals surface area contributed by atoms with Gasteiger partial charge in [0.2, 0.25) is 0 Å². The Morgan fingerprint density at radius 1 is 1.06 bits per heavy atom. The highest BCUT2D eigenvalue weighted by Crippen LogP contribution is 2.35. The minimum atomic E-state index is -0.0756. The third-order valence-electron chi connectivity index (χ3n) is 5.27. The molecule has 0 aliphatic rings. The number of aromatic nitrogens is 2. The molecule has 0 radical (unpaired) electrons. The number of ether oxygens (including phenoxy) is 2. The lowest BCUT2D eigenvalue weighted by Gasteiger charge is -2.14. The summed E-state index contributed by atoms with van der Waals surface area (Å²) >= 11 is 5.02. The van der Waals surface area contributed by atoms with E-state index in [0.29, 0.717) is 34.2 Å². The highest BCUT2D eigenvalue weighted by Gasteiger charge is 2.13. The largest absolute Gasteiger partial charge is 0.490 e. The van der Waals surface area contributed by atoms with Gasteiger partial charge in [-0.15, -0.1) is 0 Å². The molecule has 0 unspecified atom stereocenters. The van der Waals surface area contributed by atoms with Gasteiger partial charge in [0.1, 0.15) is 6.61 Å². The summed E-state index contributed by atoms with van der Waals surface area (Å²) in [6, 6.07) is 19.7. The van der Waals surface area contributed by atoms with Crippen molar-refractivity contribution in [1.82, 2.24) is 9.38 Å². The smallest absolute Gasteiger partial charge is 0.274 e. The van der Waals surface area contributed by atoms with Crippen LogP contribution in [0.1, 0.15) is 23.6 Å². The highest BCUT2D eigenvalue weighted by atomic mass is 79.9. The van der Waals surface area contributed by atoms with Crippen molar-refractivity contribution in [2.75, 3.05) is 6.61 Å². The van der Waals surface area contributed by atoms with Gasteiger partial charge in [-0.1, -0.05) is 69.2 Å². The van der Waals surface area contributed by atoms with Crippen LogP contribution in [0.2, 0.25) is 0 Å². The molecule has 0 saturated heterocycles. The Hall–Kier alpha value is -3.16. The molecule has 5 nitrogen and oxygen atoms in total. The van der Waals surface area contributed by atoms with E-state index in [0.717, 1.165) is 26.6 Å². The Morgan fingerprint density at radius 3 is 2.70 bits per heavy atom. The molecule has 0 aliphatic carbocycles. The quantitative estimate of drug-likeness (QED) is 0.296. The average Bonchev–Trinajstić information content (AvgIpc) is 3.31. The second-order valence-electron chi connectivity index (χ2n) is 7.67. The van der Waals surface area contributed by atoms with Crippen LogP contribution in [0, 0.1) is 6.92 Å². The van der Waals surface area contributed by atoms with E-state index in [1.54, 1.807) is 4.40 Å². The maximum atomic E-state index is 13.1. The summed E-state index contributed by atoms with van der Waals surface area (Å²) in [7, 11) is 0. The molecule has 2 heterocycles. The number of imidazole rings is 1. The Balaban J connectivity index is 1.53. The second-order valence-corrected chi connectivity index (χ2v) is 9.53. The molecule has 7 heteroatoms. The van der Waals surface area contributed by atoms with Gasteiger partial charge in [0.05, 0.1) is 22.2 Å². The summed E-state index contributed by atoms with van der Waals surface area (Å²) in [5, 5.41) is 0. The first-order valence-corrected chi connectivity index (χ1v) is 12.2. The number of nitrogens with zero attached hydrogens (tertiary/aromatic N) is 2. The van der Waals surface area contributed by atoms with Crippen molar-refractivity contribution in [1.29, 1.82) is 0 Å². The molecule has 5 aromatic rings. The van der Waals surface area contributed by atoms with Gasteiger partial charge in [-0.2, -0.15) is 0 Å². The number of hydrogen-bond acceptors (Lipinski definition) is 5. The molecule has 0 spiro atoms. The van der Waals surface area contributed by atoms with Crippen LogP contribution >= 0.6 is 27.3 Å². The fraction of sp³-hybridized carbons (Fsp3) is 0.154. The molecule has 5 rings (SSSR count). The van der Waals surface area contributed by atoms with Gasteiger partial charge in [-0.05, 0) is 55.3 Å². The lowest BCUT2D eigenvalue weighted by Crippen LogP contribution is -2.22. The Morgan fingerprint density at radius 2 is 1.88 bits per heavy atom. The third-order valence-corrected chi connectivity index (χ3v) is 6.93. The minimum absolute atomic E-state index is 0.0756. The van der Waals surface area contributed by atoms with Gasteiger partial charge >= 0.3 is 0 Å². The first kappa shape index (κ1) is 21.7. The number of rotatable bonds is 6. The van der Waals surface area contributed by atoms with E-state index >= 15 is 0 Å². The fourth-order valence-electron chi connectivity index (χ4n) is 3.76. The Labute approximate surface area is 203 Å². The second kappa shape index (κ2) is 9.00. The number of para-hydroxylation sites is 2. The van der Waals surface area contributed by atoms with Crippen LogP contribution in [-0.2, 0) is 6.61 Å². The lowest BCUT2D eigenvalue weighted by atomic mass is 10.1. The van der Waals surface area contributed by atoms with E-state index in [9.17, 15) is 4.79 Å². The van der Waals surface area contributed by atoms with Crippen molar-refractivity contribution in [2.45, 2.75) is 20.5 Å². The van der Waals surface area contributed by atoms with Crippen molar-refractivity contribution < 1.29 is 9.47 Å². The standard InChI is InChI=1S/C26H21BrN2O3S/c1-3-31-22-12-18(19(27)14-23(22)32-15-17-8-6-7-16(2)11-17)13-24-25(30)29-21-10-5-4-9-20(21)28-26(29)33-24/h4-14H,3,15H2,1-2H3/b24-13-. The summed E-state index contributed by atoms with van der Waals surface area (Å²) in [5.74, 6) is 1.29. The van der Waals surface area contributed by atoms with E-state index in [1.165, 1.54) is 16.9 Å². The van der Waals surface area contributed by atoms with E-state index in [2.05, 4.69) is 40.0 Å².